The second-order valence-electron chi connectivity index (χ2n) is 4.49. The molecule has 86 valence electrons. The molecule has 0 spiro atoms. The van der Waals surface area contributed by atoms with Crippen molar-refractivity contribution in [3.8, 4) is 0 Å². The molecular weight excluding hydrogens is 247 g/mol. The number of nitrogens with one attached hydrogen (secondary N) is 1. The van der Waals surface area contributed by atoms with Gasteiger partial charge in [0.1, 0.15) is 10.3 Å². The van der Waals surface area contributed by atoms with Crippen LogP contribution in [0.3, 0.4) is 0 Å². The van der Waals surface area contributed by atoms with Crippen molar-refractivity contribution >= 4 is 29.1 Å². The van der Waals surface area contributed by atoms with E-state index in [0.29, 0.717) is 12.1 Å². The highest BCUT2D eigenvalue weighted by Crippen LogP contribution is 2.44. The molecule has 16 heavy (non-hydrogen) atoms. The number of halogens is 2. The van der Waals surface area contributed by atoms with Crippen LogP contribution in [0.25, 0.3) is 0 Å². The van der Waals surface area contributed by atoms with Crippen LogP contribution < -0.4 is 5.32 Å². The molecule has 0 saturated heterocycles. The zero-order valence-electron chi connectivity index (χ0n) is 8.89. The number of carbonyl (C=O) groups is 1. The maximum Gasteiger partial charge on any atom is 0.251 e. The van der Waals surface area contributed by atoms with E-state index in [9.17, 15) is 4.79 Å². The second kappa shape index (κ2) is 4.22. The molecule has 0 unspecified atom stereocenters. The van der Waals surface area contributed by atoms with Gasteiger partial charge in [0.25, 0.3) is 5.91 Å². The van der Waals surface area contributed by atoms with Gasteiger partial charge in [0.2, 0.25) is 0 Å². The second-order valence-corrected chi connectivity index (χ2v) is 5.27. The van der Waals surface area contributed by atoms with Crippen molar-refractivity contribution in [2.24, 2.45) is 5.41 Å². The molecule has 0 aromatic carbocycles. The minimum atomic E-state index is -0.153. The number of pyridine rings is 1. The zero-order valence-corrected chi connectivity index (χ0v) is 10.4. The van der Waals surface area contributed by atoms with Crippen LogP contribution >= 0.6 is 23.2 Å². The van der Waals surface area contributed by atoms with Gasteiger partial charge in [0, 0.05) is 12.1 Å². The highest BCUT2D eigenvalue weighted by atomic mass is 35.5. The Bertz CT molecular complexity index is 410. The van der Waals surface area contributed by atoms with E-state index in [0.717, 1.165) is 0 Å². The zero-order chi connectivity index (χ0) is 11.8. The van der Waals surface area contributed by atoms with Gasteiger partial charge in [-0.05, 0) is 30.4 Å². The van der Waals surface area contributed by atoms with E-state index in [1.54, 1.807) is 0 Å². The first-order chi connectivity index (χ1) is 7.48. The molecule has 1 saturated carbocycles. The molecule has 1 fully saturated rings. The van der Waals surface area contributed by atoms with Crippen molar-refractivity contribution in [1.82, 2.24) is 10.3 Å². The van der Waals surface area contributed by atoms with Crippen LogP contribution in [0.4, 0.5) is 0 Å². The molecule has 1 amide bonds. The molecular formula is C11H12Cl2N2O. The van der Waals surface area contributed by atoms with E-state index in [4.69, 9.17) is 23.2 Å². The summed E-state index contributed by atoms with van der Waals surface area (Å²) in [4.78, 5) is 15.6. The van der Waals surface area contributed by atoms with Crippen molar-refractivity contribution in [2.75, 3.05) is 6.54 Å². The number of aromatic nitrogens is 1. The Labute approximate surface area is 104 Å². The summed E-state index contributed by atoms with van der Waals surface area (Å²) in [5.41, 5.74) is 0.741. The SMILES string of the molecule is CC1(CNC(=O)c2cc(Cl)nc(Cl)c2)CC1. The maximum atomic E-state index is 11.8. The van der Waals surface area contributed by atoms with Crippen LogP contribution in [0.15, 0.2) is 12.1 Å². The molecule has 1 heterocycles. The third kappa shape index (κ3) is 2.86. The lowest BCUT2D eigenvalue weighted by atomic mass is 10.1. The summed E-state index contributed by atoms with van der Waals surface area (Å²) < 4.78 is 0. The molecule has 1 N–H and O–H groups in total. The van der Waals surface area contributed by atoms with Crippen LogP contribution in [0.1, 0.15) is 30.1 Å². The lowest BCUT2D eigenvalue weighted by molar-refractivity contribution is 0.0946. The lowest BCUT2D eigenvalue weighted by Gasteiger charge is -2.10. The molecule has 0 atom stereocenters. The van der Waals surface area contributed by atoms with Crippen molar-refractivity contribution in [2.45, 2.75) is 19.8 Å². The molecule has 0 radical (unpaired) electrons. The summed E-state index contributed by atoms with van der Waals surface area (Å²) in [7, 11) is 0. The summed E-state index contributed by atoms with van der Waals surface area (Å²) in [5.74, 6) is -0.153. The topological polar surface area (TPSA) is 42.0 Å². The van der Waals surface area contributed by atoms with E-state index in [1.807, 2.05) is 0 Å². The molecule has 1 aliphatic rings. The average Bonchev–Trinajstić information content (AvgIpc) is 2.92. The van der Waals surface area contributed by atoms with Gasteiger partial charge in [-0.2, -0.15) is 0 Å². The van der Waals surface area contributed by atoms with Crippen molar-refractivity contribution < 1.29 is 4.79 Å². The maximum absolute atomic E-state index is 11.8. The normalized spacial score (nSPS) is 16.9. The van der Waals surface area contributed by atoms with E-state index in [1.165, 1.54) is 25.0 Å². The first-order valence-corrected chi connectivity index (χ1v) is 5.85. The summed E-state index contributed by atoms with van der Waals surface area (Å²) in [6.45, 7) is 2.85. The van der Waals surface area contributed by atoms with Crippen LogP contribution in [-0.2, 0) is 0 Å². The van der Waals surface area contributed by atoms with Crippen LogP contribution in [-0.4, -0.2) is 17.4 Å². The molecule has 0 bridgehead atoms. The number of hydrogen-bond acceptors (Lipinski definition) is 2. The quantitative estimate of drug-likeness (QED) is 0.848. The Kier molecular flexibility index (Phi) is 3.08. The Hall–Kier alpha value is -0.800. The fraction of sp³-hybridized carbons (Fsp3) is 0.455. The number of carbonyl (C=O) groups excluding carboxylic acids is 1. The average molecular weight is 259 g/mol. The lowest BCUT2D eigenvalue weighted by Crippen LogP contribution is -2.29. The van der Waals surface area contributed by atoms with Gasteiger partial charge in [-0.3, -0.25) is 4.79 Å². The Morgan fingerprint density at radius 3 is 2.50 bits per heavy atom. The van der Waals surface area contributed by atoms with Crippen molar-refractivity contribution in [3.05, 3.63) is 28.0 Å². The molecule has 3 nitrogen and oxygen atoms in total. The monoisotopic (exact) mass is 258 g/mol. The number of hydrogen-bond donors (Lipinski definition) is 1. The highest BCUT2D eigenvalue weighted by Gasteiger charge is 2.37. The van der Waals surface area contributed by atoms with Crippen LogP contribution in [0.2, 0.25) is 10.3 Å². The van der Waals surface area contributed by atoms with Crippen molar-refractivity contribution in [3.63, 3.8) is 0 Å². The fourth-order valence-corrected chi connectivity index (χ4v) is 1.84. The van der Waals surface area contributed by atoms with E-state index in [2.05, 4.69) is 17.2 Å². The van der Waals surface area contributed by atoms with E-state index >= 15 is 0 Å². The third-order valence-corrected chi connectivity index (χ3v) is 3.19. The smallest absolute Gasteiger partial charge is 0.251 e. The van der Waals surface area contributed by atoms with Crippen LogP contribution in [0, 0.1) is 5.41 Å². The Morgan fingerprint density at radius 1 is 1.44 bits per heavy atom. The standard InChI is InChI=1S/C11H12Cl2N2O/c1-11(2-3-11)6-14-10(16)7-4-8(12)15-9(13)5-7/h4-5H,2-3,6H2,1H3,(H,14,16). The number of nitrogens with zero attached hydrogens (tertiary/aromatic N) is 1. The van der Waals surface area contributed by atoms with Gasteiger partial charge in [-0.25, -0.2) is 4.98 Å². The largest absolute Gasteiger partial charge is 0.351 e. The molecule has 0 aliphatic heterocycles. The van der Waals surface area contributed by atoms with E-state index in [-0.39, 0.29) is 21.6 Å². The minimum Gasteiger partial charge on any atom is -0.351 e. The van der Waals surface area contributed by atoms with Gasteiger partial charge in [0.05, 0.1) is 0 Å². The summed E-state index contributed by atoms with van der Waals surface area (Å²) in [6, 6.07) is 3.02. The first kappa shape index (κ1) is 11.7. The van der Waals surface area contributed by atoms with Gasteiger partial charge >= 0.3 is 0 Å². The Morgan fingerprint density at radius 2 is 2.00 bits per heavy atom. The molecule has 2 rings (SSSR count). The summed E-state index contributed by atoms with van der Waals surface area (Å²) in [6.07, 6.45) is 2.34. The molecule has 5 heteroatoms. The van der Waals surface area contributed by atoms with E-state index < -0.39 is 0 Å². The highest BCUT2D eigenvalue weighted by molar-refractivity contribution is 6.33. The third-order valence-electron chi connectivity index (χ3n) is 2.80. The summed E-state index contributed by atoms with van der Waals surface area (Å²) >= 11 is 11.4. The van der Waals surface area contributed by atoms with Crippen LogP contribution in [0.5, 0.6) is 0 Å². The van der Waals surface area contributed by atoms with Gasteiger partial charge in [0.15, 0.2) is 0 Å². The van der Waals surface area contributed by atoms with Gasteiger partial charge < -0.3 is 5.32 Å². The van der Waals surface area contributed by atoms with Crippen molar-refractivity contribution in [1.29, 1.82) is 0 Å². The predicted octanol–water partition coefficient (Wildman–Crippen LogP) is 2.92. The van der Waals surface area contributed by atoms with Gasteiger partial charge in [-0.1, -0.05) is 30.1 Å². The number of rotatable bonds is 3. The molecule has 1 aromatic rings. The Balaban J connectivity index is 2.02. The molecule has 1 aromatic heterocycles. The van der Waals surface area contributed by atoms with Gasteiger partial charge in [-0.15, -0.1) is 0 Å². The first-order valence-electron chi connectivity index (χ1n) is 5.10. The fourth-order valence-electron chi connectivity index (χ4n) is 1.38. The molecule has 1 aliphatic carbocycles. The predicted molar refractivity (Wildman–Crippen MR) is 63.9 cm³/mol. The minimum absolute atomic E-state index is 0.153. The number of amides is 1. The summed E-state index contributed by atoms with van der Waals surface area (Å²) in [5, 5.41) is 3.34.